The van der Waals surface area contributed by atoms with E-state index in [1.807, 2.05) is 13.0 Å². The van der Waals surface area contributed by atoms with Crippen LogP contribution in [0.3, 0.4) is 0 Å². The summed E-state index contributed by atoms with van der Waals surface area (Å²) in [5, 5.41) is 22.9. The van der Waals surface area contributed by atoms with Crippen LogP contribution in [-0.4, -0.2) is 30.4 Å². The Hall–Kier alpha value is -3.91. The Morgan fingerprint density at radius 2 is 1.72 bits per heavy atom. The number of aromatic hydroxyl groups is 1. The van der Waals surface area contributed by atoms with Crippen LogP contribution in [0.15, 0.2) is 69.9 Å². The molecule has 4 rings (SSSR count). The number of nitrogens with zero attached hydrogens (tertiary/aromatic N) is 3. The lowest BCUT2D eigenvalue weighted by molar-refractivity contribution is 0.0954. The van der Waals surface area contributed by atoms with Gasteiger partial charge in [0.25, 0.3) is 5.91 Å². The number of rotatable bonds is 5. The number of ether oxygens (including phenoxy) is 2. The Morgan fingerprint density at radius 3 is 2.50 bits per heavy atom. The van der Waals surface area contributed by atoms with Gasteiger partial charge in [-0.05, 0) is 61.0 Å². The summed E-state index contributed by atoms with van der Waals surface area (Å²) in [5.74, 6) is 0.669. The average molecular weight is 451 g/mol. The van der Waals surface area contributed by atoms with Gasteiger partial charge < -0.3 is 14.6 Å². The molecule has 3 aromatic rings. The van der Waals surface area contributed by atoms with Gasteiger partial charge in [0.1, 0.15) is 19.0 Å². The molecule has 1 aliphatic rings. The standard InChI is InChI=1S/C23H19ClN4O4/c1-14-2-4-18(12-19(14)24)27-26-17-5-6-20(29)16(10-17)13-25-28-23(30)15-3-7-21-22(11-15)32-9-8-31-21/h2-7,10-13,29H,8-9H2,1H3,(H,28,30)/b25-13-,27-26?. The van der Waals surface area contributed by atoms with E-state index in [1.165, 1.54) is 12.3 Å². The van der Waals surface area contributed by atoms with Gasteiger partial charge in [-0.2, -0.15) is 15.3 Å². The van der Waals surface area contributed by atoms with Gasteiger partial charge in [-0.3, -0.25) is 4.79 Å². The van der Waals surface area contributed by atoms with Gasteiger partial charge in [-0.1, -0.05) is 17.7 Å². The van der Waals surface area contributed by atoms with Crippen molar-refractivity contribution in [2.45, 2.75) is 6.92 Å². The van der Waals surface area contributed by atoms with Crippen molar-refractivity contribution in [1.82, 2.24) is 5.43 Å². The lowest BCUT2D eigenvalue weighted by Gasteiger charge is -2.18. The summed E-state index contributed by atoms with van der Waals surface area (Å²) in [7, 11) is 0. The van der Waals surface area contributed by atoms with E-state index in [0.717, 1.165) is 5.56 Å². The molecule has 162 valence electrons. The first-order chi connectivity index (χ1) is 15.5. The van der Waals surface area contributed by atoms with Crippen LogP contribution in [0.2, 0.25) is 5.02 Å². The predicted molar refractivity (Wildman–Crippen MR) is 121 cm³/mol. The fourth-order valence-electron chi connectivity index (χ4n) is 2.88. The molecule has 1 aliphatic heterocycles. The van der Waals surface area contributed by atoms with Crippen molar-refractivity contribution in [2.75, 3.05) is 13.2 Å². The van der Waals surface area contributed by atoms with Gasteiger partial charge in [0, 0.05) is 16.1 Å². The molecule has 0 aliphatic carbocycles. The lowest BCUT2D eigenvalue weighted by atomic mass is 10.2. The molecular formula is C23H19ClN4O4. The van der Waals surface area contributed by atoms with E-state index in [4.69, 9.17) is 21.1 Å². The first-order valence-corrected chi connectivity index (χ1v) is 10.1. The Morgan fingerprint density at radius 1 is 1.00 bits per heavy atom. The second-order valence-corrected chi connectivity index (χ2v) is 7.34. The molecule has 1 amide bonds. The van der Waals surface area contributed by atoms with E-state index in [9.17, 15) is 9.90 Å². The summed E-state index contributed by atoms with van der Waals surface area (Å²) in [6.07, 6.45) is 1.33. The molecule has 0 saturated heterocycles. The summed E-state index contributed by atoms with van der Waals surface area (Å²) < 4.78 is 10.9. The third-order valence-electron chi connectivity index (χ3n) is 4.62. The molecule has 3 aromatic carbocycles. The van der Waals surface area contributed by atoms with Gasteiger partial charge in [0.2, 0.25) is 0 Å². The van der Waals surface area contributed by atoms with E-state index >= 15 is 0 Å². The smallest absolute Gasteiger partial charge is 0.271 e. The molecule has 0 radical (unpaired) electrons. The number of amides is 1. The fourth-order valence-corrected chi connectivity index (χ4v) is 3.05. The molecule has 0 saturated carbocycles. The highest BCUT2D eigenvalue weighted by Crippen LogP contribution is 2.31. The van der Waals surface area contributed by atoms with Crippen LogP contribution in [0.1, 0.15) is 21.5 Å². The molecule has 32 heavy (non-hydrogen) atoms. The summed E-state index contributed by atoms with van der Waals surface area (Å²) in [5.41, 5.74) is 5.22. The Bertz CT molecular complexity index is 1230. The minimum Gasteiger partial charge on any atom is -0.507 e. The fraction of sp³-hybridized carbons (Fsp3) is 0.130. The van der Waals surface area contributed by atoms with E-state index in [-0.39, 0.29) is 5.75 Å². The summed E-state index contributed by atoms with van der Waals surface area (Å²) >= 11 is 6.10. The Labute approximate surface area is 189 Å². The minimum atomic E-state index is -0.426. The zero-order valence-electron chi connectivity index (χ0n) is 17.1. The summed E-state index contributed by atoms with van der Waals surface area (Å²) in [6, 6.07) is 14.9. The van der Waals surface area contributed by atoms with Crippen LogP contribution in [0.5, 0.6) is 17.2 Å². The molecular weight excluding hydrogens is 432 g/mol. The maximum atomic E-state index is 12.4. The number of hydrogen-bond acceptors (Lipinski definition) is 7. The molecule has 0 spiro atoms. The molecule has 0 bridgehead atoms. The number of hydrogen-bond donors (Lipinski definition) is 2. The number of carbonyl (C=O) groups is 1. The highest BCUT2D eigenvalue weighted by Gasteiger charge is 2.14. The molecule has 9 heteroatoms. The molecule has 0 fully saturated rings. The largest absolute Gasteiger partial charge is 0.507 e. The molecule has 8 nitrogen and oxygen atoms in total. The maximum Gasteiger partial charge on any atom is 0.271 e. The summed E-state index contributed by atoms with van der Waals surface area (Å²) in [6.45, 7) is 2.81. The normalized spacial score (nSPS) is 12.9. The van der Waals surface area contributed by atoms with Crippen LogP contribution in [-0.2, 0) is 0 Å². The zero-order valence-corrected chi connectivity index (χ0v) is 17.8. The number of nitrogens with one attached hydrogen (secondary N) is 1. The predicted octanol–water partition coefficient (Wildman–Crippen LogP) is 5.30. The molecule has 1 heterocycles. The Balaban J connectivity index is 1.44. The van der Waals surface area contributed by atoms with Crippen LogP contribution in [0.25, 0.3) is 0 Å². The number of benzene rings is 3. The van der Waals surface area contributed by atoms with Gasteiger partial charge >= 0.3 is 0 Å². The van der Waals surface area contributed by atoms with Gasteiger partial charge in [0.05, 0.1) is 17.6 Å². The van der Waals surface area contributed by atoms with Crippen molar-refractivity contribution in [3.05, 3.63) is 76.3 Å². The number of phenols is 1. The number of halogens is 1. The molecule has 0 atom stereocenters. The molecule has 0 aromatic heterocycles. The van der Waals surface area contributed by atoms with E-state index < -0.39 is 5.91 Å². The zero-order chi connectivity index (χ0) is 22.5. The quantitative estimate of drug-likeness (QED) is 0.312. The Kier molecular flexibility index (Phi) is 6.32. The van der Waals surface area contributed by atoms with Crippen LogP contribution < -0.4 is 14.9 Å². The monoisotopic (exact) mass is 450 g/mol. The van der Waals surface area contributed by atoms with E-state index in [1.54, 1.807) is 42.5 Å². The molecule has 2 N–H and O–H groups in total. The van der Waals surface area contributed by atoms with Crippen molar-refractivity contribution in [3.8, 4) is 17.2 Å². The first kappa shape index (κ1) is 21.3. The number of hydrazone groups is 1. The van der Waals surface area contributed by atoms with Gasteiger partial charge in [-0.15, -0.1) is 0 Å². The summed E-state index contributed by atoms with van der Waals surface area (Å²) in [4.78, 5) is 12.4. The van der Waals surface area contributed by atoms with Crippen molar-refractivity contribution in [1.29, 1.82) is 0 Å². The number of phenolic OH excluding ortho intramolecular Hbond substituents is 1. The van der Waals surface area contributed by atoms with Crippen LogP contribution >= 0.6 is 11.6 Å². The number of azo groups is 1. The van der Waals surface area contributed by atoms with Crippen LogP contribution in [0.4, 0.5) is 11.4 Å². The van der Waals surface area contributed by atoms with Crippen molar-refractivity contribution >= 4 is 35.1 Å². The molecule has 0 unspecified atom stereocenters. The van der Waals surface area contributed by atoms with Crippen molar-refractivity contribution < 1.29 is 19.4 Å². The van der Waals surface area contributed by atoms with E-state index in [0.29, 0.717) is 52.2 Å². The second kappa shape index (κ2) is 9.49. The third-order valence-corrected chi connectivity index (χ3v) is 5.03. The third kappa shape index (κ3) is 5.04. The highest BCUT2D eigenvalue weighted by molar-refractivity contribution is 6.31. The van der Waals surface area contributed by atoms with E-state index in [2.05, 4.69) is 20.8 Å². The lowest BCUT2D eigenvalue weighted by Crippen LogP contribution is -2.19. The maximum absolute atomic E-state index is 12.4. The first-order valence-electron chi connectivity index (χ1n) is 9.73. The second-order valence-electron chi connectivity index (χ2n) is 6.93. The van der Waals surface area contributed by atoms with Crippen LogP contribution in [0, 0.1) is 6.92 Å². The van der Waals surface area contributed by atoms with Crippen molar-refractivity contribution in [2.24, 2.45) is 15.3 Å². The number of fused-ring (bicyclic) bond motifs is 1. The van der Waals surface area contributed by atoms with Gasteiger partial charge in [-0.25, -0.2) is 5.43 Å². The average Bonchev–Trinajstić information content (AvgIpc) is 2.81. The highest BCUT2D eigenvalue weighted by atomic mass is 35.5. The van der Waals surface area contributed by atoms with Crippen molar-refractivity contribution in [3.63, 3.8) is 0 Å². The number of aryl methyl sites for hydroxylation is 1. The number of carbonyl (C=O) groups excluding carboxylic acids is 1. The topological polar surface area (TPSA) is 105 Å². The van der Waals surface area contributed by atoms with Gasteiger partial charge in [0.15, 0.2) is 11.5 Å². The minimum absolute atomic E-state index is 0.0142. The SMILES string of the molecule is Cc1ccc(N=Nc2ccc(O)c(/C=N\NC(=O)c3ccc4c(c3)OCCO4)c2)cc1Cl.